The summed E-state index contributed by atoms with van der Waals surface area (Å²) in [5, 5.41) is 16.9. The molecule has 6 rings (SSSR count). The van der Waals surface area contributed by atoms with Gasteiger partial charge in [0.25, 0.3) is 0 Å². The molecule has 1 fully saturated rings. The van der Waals surface area contributed by atoms with Gasteiger partial charge in [-0.2, -0.15) is 0 Å². The first-order valence-corrected chi connectivity index (χ1v) is 15.1. The Morgan fingerprint density at radius 3 is 1.91 bits per heavy atom. The Morgan fingerprint density at radius 1 is 0.795 bits per heavy atom. The maximum absolute atomic E-state index is 9.56. The molecule has 222 valence electrons. The monoisotopic (exact) mass is 582 g/mol. The highest BCUT2D eigenvalue weighted by molar-refractivity contribution is 6.14. The predicted molar refractivity (Wildman–Crippen MR) is 179 cm³/mol. The molecule has 1 aliphatic heterocycles. The van der Waals surface area contributed by atoms with Gasteiger partial charge in [-0.3, -0.25) is 5.41 Å². The van der Waals surface area contributed by atoms with Gasteiger partial charge in [0.05, 0.1) is 30.8 Å². The van der Waals surface area contributed by atoms with E-state index < -0.39 is 5.54 Å². The Labute approximate surface area is 259 Å². The van der Waals surface area contributed by atoms with Gasteiger partial charge in [0, 0.05) is 36.5 Å². The van der Waals surface area contributed by atoms with Crippen LogP contribution in [-0.2, 0) is 10.3 Å². The van der Waals surface area contributed by atoms with Gasteiger partial charge in [-0.15, -0.1) is 0 Å². The Bertz CT molecular complexity index is 1590. The molecule has 0 bridgehead atoms. The first kappa shape index (κ1) is 29.1. The lowest BCUT2D eigenvalue weighted by atomic mass is 9.76. The molecule has 1 saturated heterocycles. The van der Waals surface area contributed by atoms with Gasteiger partial charge >= 0.3 is 0 Å². The maximum Gasteiger partial charge on any atom is 0.129 e. The van der Waals surface area contributed by atoms with Crippen LogP contribution in [0.3, 0.4) is 0 Å². The van der Waals surface area contributed by atoms with Crippen LogP contribution in [0.15, 0.2) is 122 Å². The van der Waals surface area contributed by atoms with Gasteiger partial charge in [-0.05, 0) is 48.7 Å². The van der Waals surface area contributed by atoms with Crippen LogP contribution in [0.25, 0.3) is 0 Å². The van der Waals surface area contributed by atoms with E-state index >= 15 is 0 Å². The van der Waals surface area contributed by atoms with E-state index in [0.29, 0.717) is 18.9 Å². The zero-order valence-electron chi connectivity index (χ0n) is 25.2. The molecule has 0 amide bonds. The van der Waals surface area contributed by atoms with Crippen molar-refractivity contribution < 1.29 is 4.74 Å². The Kier molecular flexibility index (Phi) is 8.66. The minimum atomic E-state index is -0.759. The number of anilines is 3. The van der Waals surface area contributed by atoms with Crippen molar-refractivity contribution in [3.63, 3.8) is 0 Å². The number of rotatable bonds is 10. The molecule has 3 aromatic carbocycles. The maximum atomic E-state index is 9.56. The van der Waals surface area contributed by atoms with E-state index in [-0.39, 0.29) is 6.04 Å². The summed E-state index contributed by atoms with van der Waals surface area (Å²) < 4.78 is 5.55. The summed E-state index contributed by atoms with van der Waals surface area (Å²) >= 11 is 0. The highest BCUT2D eigenvalue weighted by Gasteiger charge is 2.37. The van der Waals surface area contributed by atoms with E-state index in [1.807, 2.05) is 42.6 Å². The van der Waals surface area contributed by atoms with E-state index in [0.717, 1.165) is 58.2 Å². The molecule has 1 aliphatic rings. The van der Waals surface area contributed by atoms with Crippen LogP contribution in [0, 0.1) is 5.41 Å². The summed E-state index contributed by atoms with van der Waals surface area (Å²) in [6.45, 7) is 7.08. The number of aromatic nitrogens is 2. The third-order valence-corrected chi connectivity index (χ3v) is 7.92. The third-order valence-electron chi connectivity index (χ3n) is 7.92. The van der Waals surface area contributed by atoms with Crippen molar-refractivity contribution in [3.05, 3.63) is 149 Å². The summed E-state index contributed by atoms with van der Waals surface area (Å²) in [4.78, 5) is 11.6. The van der Waals surface area contributed by atoms with Crippen LogP contribution in [0.2, 0.25) is 0 Å². The van der Waals surface area contributed by atoms with Crippen LogP contribution < -0.4 is 15.5 Å². The molecule has 3 heterocycles. The molecule has 44 heavy (non-hydrogen) atoms. The Balaban J connectivity index is 1.51. The van der Waals surface area contributed by atoms with Crippen LogP contribution in [-0.4, -0.2) is 48.0 Å². The first-order chi connectivity index (χ1) is 21.5. The van der Waals surface area contributed by atoms with E-state index in [1.165, 1.54) is 0 Å². The van der Waals surface area contributed by atoms with Gasteiger partial charge in [0.1, 0.15) is 17.2 Å². The molecule has 7 heteroatoms. The molecule has 0 spiro atoms. The van der Waals surface area contributed by atoms with Crippen molar-refractivity contribution in [1.82, 2.24) is 9.97 Å². The Morgan fingerprint density at radius 2 is 1.36 bits per heavy atom. The van der Waals surface area contributed by atoms with Gasteiger partial charge in [-0.25, -0.2) is 9.97 Å². The minimum absolute atomic E-state index is 0.189. The average molecular weight is 583 g/mol. The van der Waals surface area contributed by atoms with Crippen LogP contribution in [0.1, 0.15) is 41.7 Å². The van der Waals surface area contributed by atoms with Crippen LogP contribution in [0.5, 0.6) is 0 Å². The molecule has 3 N–H and O–H groups in total. The Hall–Kier alpha value is -5.01. The van der Waals surface area contributed by atoms with E-state index in [4.69, 9.17) is 9.72 Å². The minimum Gasteiger partial charge on any atom is -0.378 e. The third kappa shape index (κ3) is 6.05. The van der Waals surface area contributed by atoms with Crippen molar-refractivity contribution in [2.45, 2.75) is 25.4 Å². The second kappa shape index (κ2) is 13.1. The van der Waals surface area contributed by atoms with Crippen molar-refractivity contribution >= 4 is 23.0 Å². The summed E-state index contributed by atoms with van der Waals surface area (Å²) in [6.07, 6.45) is 3.64. The number of ether oxygens (including phenoxy) is 1. The number of nitrogens with one attached hydrogen (secondary N) is 3. The van der Waals surface area contributed by atoms with Gasteiger partial charge in [-0.1, -0.05) is 91.0 Å². The molecular weight excluding hydrogens is 544 g/mol. The second-order valence-electron chi connectivity index (χ2n) is 11.3. The van der Waals surface area contributed by atoms with Crippen molar-refractivity contribution in [1.29, 1.82) is 5.41 Å². The molecule has 5 aromatic rings. The topological polar surface area (TPSA) is 86.2 Å². The molecule has 0 atom stereocenters. The van der Waals surface area contributed by atoms with E-state index in [1.54, 1.807) is 6.20 Å². The highest BCUT2D eigenvalue weighted by atomic mass is 16.5. The lowest BCUT2D eigenvalue weighted by molar-refractivity contribution is 0.122. The van der Waals surface area contributed by atoms with Crippen molar-refractivity contribution in [3.8, 4) is 0 Å². The van der Waals surface area contributed by atoms with Gasteiger partial charge in [0.2, 0.25) is 0 Å². The molecule has 0 radical (unpaired) electrons. The van der Waals surface area contributed by atoms with Crippen molar-refractivity contribution in [2.75, 3.05) is 41.8 Å². The number of benzene rings is 3. The van der Waals surface area contributed by atoms with Gasteiger partial charge < -0.3 is 20.3 Å². The standard InChI is InChI=1S/C37H38N6O/c1-27(2)41-34-25-32(36(38)28-18-19-39-35(24-28)43-20-22-44-23-21-43)33(26-40-34)42-37(29-12-6-3-7-13-29,30-14-8-4-9-15-30)31-16-10-5-11-17-31/h3-19,24-27,38,42H,20-23H2,1-2H3,(H,40,41). The average Bonchev–Trinajstić information content (AvgIpc) is 3.09. The molecule has 2 aromatic heterocycles. The number of hydrogen-bond donors (Lipinski definition) is 3. The number of pyridine rings is 2. The lowest BCUT2D eigenvalue weighted by Crippen LogP contribution is -2.38. The molecule has 0 unspecified atom stereocenters. The predicted octanol–water partition coefficient (Wildman–Crippen LogP) is 6.95. The number of hydrogen-bond acceptors (Lipinski definition) is 7. The van der Waals surface area contributed by atoms with E-state index in [9.17, 15) is 5.41 Å². The highest BCUT2D eigenvalue weighted by Crippen LogP contribution is 2.41. The van der Waals surface area contributed by atoms with Gasteiger partial charge in [0.15, 0.2) is 0 Å². The number of nitrogens with zero attached hydrogens (tertiary/aromatic N) is 3. The normalized spacial score (nSPS) is 13.5. The van der Waals surface area contributed by atoms with Crippen molar-refractivity contribution in [2.24, 2.45) is 0 Å². The summed E-state index contributed by atoms with van der Waals surface area (Å²) in [5.74, 6) is 1.57. The molecule has 0 aliphatic carbocycles. The fourth-order valence-corrected chi connectivity index (χ4v) is 5.81. The largest absolute Gasteiger partial charge is 0.378 e. The fourth-order valence-electron chi connectivity index (χ4n) is 5.81. The quantitative estimate of drug-likeness (QED) is 0.122. The molecule has 0 saturated carbocycles. The lowest BCUT2D eigenvalue weighted by Gasteiger charge is -2.38. The number of morpholine rings is 1. The zero-order valence-corrected chi connectivity index (χ0v) is 25.2. The fraction of sp³-hybridized carbons (Fsp3) is 0.216. The smallest absolute Gasteiger partial charge is 0.129 e. The molecular formula is C37H38N6O. The second-order valence-corrected chi connectivity index (χ2v) is 11.3. The SMILES string of the molecule is CC(C)Nc1cc(C(=N)c2ccnc(N3CCOCC3)c2)c(NC(c2ccccc2)(c2ccccc2)c2ccccc2)cn1. The summed E-state index contributed by atoms with van der Waals surface area (Å²) in [7, 11) is 0. The van der Waals surface area contributed by atoms with Crippen LogP contribution in [0.4, 0.5) is 17.3 Å². The molecule has 7 nitrogen and oxygen atoms in total. The summed E-state index contributed by atoms with van der Waals surface area (Å²) in [6, 6.07) is 37.5. The van der Waals surface area contributed by atoms with Crippen LogP contribution >= 0.6 is 0 Å². The first-order valence-electron chi connectivity index (χ1n) is 15.1. The van der Waals surface area contributed by atoms with E-state index in [2.05, 4.69) is 107 Å². The summed E-state index contributed by atoms with van der Waals surface area (Å²) in [5.41, 5.74) is 5.16. The zero-order chi connectivity index (χ0) is 30.4.